The zero-order chi connectivity index (χ0) is 26.9. The quantitative estimate of drug-likeness (QED) is 0.436. The maximum atomic E-state index is 13.4. The first-order chi connectivity index (χ1) is 17.0. The molecule has 9 heteroatoms. The summed E-state index contributed by atoms with van der Waals surface area (Å²) in [5.74, 6) is 0.261. The Bertz CT molecular complexity index is 1130. The number of hydrogen-bond donors (Lipinski definition) is 1. The fraction of sp³-hybridized carbons (Fsp3) is 0.481. The minimum absolute atomic E-state index is 0.108. The molecule has 0 heterocycles. The molecule has 0 spiro atoms. The van der Waals surface area contributed by atoms with E-state index in [1.54, 1.807) is 12.0 Å². The number of methoxy groups -OCH3 is 1. The van der Waals surface area contributed by atoms with Gasteiger partial charge in [-0.25, -0.2) is 8.42 Å². The molecular formula is C27H39N3O5S. The van der Waals surface area contributed by atoms with Crippen LogP contribution >= 0.6 is 0 Å². The highest BCUT2D eigenvalue weighted by Gasteiger charge is 2.28. The van der Waals surface area contributed by atoms with Crippen molar-refractivity contribution >= 4 is 27.5 Å². The Kier molecular flexibility index (Phi) is 10.8. The summed E-state index contributed by atoms with van der Waals surface area (Å²) in [6.45, 7) is 8.43. The molecule has 1 N–H and O–H groups in total. The summed E-state index contributed by atoms with van der Waals surface area (Å²) in [6, 6.07) is 12.4. The Labute approximate surface area is 215 Å². The lowest BCUT2D eigenvalue weighted by Gasteiger charge is -2.31. The summed E-state index contributed by atoms with van der Waals surface area (Å²) in [5, 5.41) is 2.82. The van der Waals surface area contributed by atoms with E-state index in [2.05, 4.69) is 5.32 Å². The van der Waals surface area contributed by atoms with Crippen LogP contribution in [0.3, 0.4) is 0 Å². The molecule has 198 valence electrons. The number of amides is 2. The normalized spacial score (nSPS) is 12.1. The summed E-state index contributed by atoms with van der Waals surface area (Å²) in [7, 11) is -1.96. The number of sulfonamides is 1. The summed E-state index contributed by atoms with van der Waals surface area (Å²) >= 11 is 0. The molecule has 0 aromatic heterocycles. The Morgan fingerprint density at radius 1 is 1.06 bits per heavy atom. The zero-order valence-electron chi connectivity index (χ0n) is 22.2. The molecule has 0 saturated heterocycles. The van der Waals surface area contributed by atoms with Gasteiger partial charge in [-0.15, -0.1) is 0 Å². The molecule has 0 saturated carbocycles. The SMILES string of the molecule is CCNC(=O)[C@@H](CC)N(Cc1cccc(OC)c1)C(=O)CCCN(c1cc(C)cc(C)c1)S(C)(=O)=O. The fourth-order valence-electron chi connectivity index (χ4n) is 4.28. The van der Waals surface area contributed by atoms with Gasteiger partial charge < -0.3 is 15.0 Å². The first kappa shape index (κ1) is 29.2. The van der Waals surface area contributed by atoms with Crippen LogP contribution in [-0.2, 0) is 26.2 Å². The predicted molar refractivity (Wildman–Crippen MR) is 144 cm³/mol. The van der Waals surface area contributed by atoms with E-state index in [1.165, 1.54) is 10.6 Å². The van der Waals surface area contributed by atoms with Crippen LogP contribution in [0.5, 0.6) is 5.75 Å². The Hall–Kier alpha value is -3.07. The van der Waals surface area contributed by atoms with Gasteiger partial charge in [0.1, 0.15) is 11.8 Å². The molecule has 2 rings (SSSR count). The number of carbonyl (C=O) groups is 2. The van der Waals surface area contributed by atoms with Gasteiger partial charge in [0, 0.05) is 26.1 Å². The van der Waals surface area contributed by atoms with Crippen molar-refractivity contribution in [3.05, 3.63) is 59.2 Å². The molecule has 0 bridgehead atoms. The van der Waals surface area contributed by atoms with Crippen LogP contribution in [0.4, 0.5) is 5.69 Å². The van der Waals surface area contributed by atoms with Crippen LogP contribution in [0.25, 0.3) is 0 Å². The summed E-state index contributed by atoms with van der Waals surface area (Å²) in [5.41, 5.74) is 3.36. The van der Waals surface area contributed by atoms with Gasteiger partial charge in [0.15, 0.2) is 0 Å². The number of nitrogens with one attached hydrogen (secondary N) is 1. The van der Waals surface area contributed by atoms with Crippen molar-refractivity contribution in [3.8, 4) is 5.75 Å². The van der Waals surface area contributed by atoms with Gasteiger partial charge in [0.05, 0.1) is 19.1 Å². The van der Waals surface area contributed by atoms with E-state index in [4.69, 9.17) is 4.74 Å². The molecule has 2 aromatic rings. The second kappa shape index (κ2) is 13.3. The number of ether oxygens (including phenoxy) is 1. The number of rotatable bonds is 13. The average Bonchev–Trinajstić information content (AvgIpc) is 2.80. The molecule has 0 unspecified atom stereocenters. The number of hydrogen-bond acceptors (Lipinski definition) is 5. The third-order valence-electron chi connectivity index (χ3n) is 5.87. The van der Waals surface area contributed by atoms with Gasteiger partial charge in [0.25, 0.3) is 0 Å². The highest BCUT2D eigenvalue weighted by molar-refractivity contribution is 7.92. The number of likely N-dealkylation sites (N-methyl/N-ethyl adjacent to an activating group) is 1. The van der Waals surface area contributed by atoms with Crippen LogP contribution in [0, 0.1) is 13.8 Å². The summed E-state index contributed by atoms with van der Waals surface area (Å²) in [4.78, 5) is 27.8. The van der Waals surface area contributed by atoms with Gasteiger partial charge >= 0.3 is 0 Å². The van der Waals surface area contributed by atoms with Crippen LogP contribution in [0.15, 0.2) is 42.5 Å². The lowest BCUT2D eigenvalue weighted by atomic mass is 10.1. The molecule has 36 heavy (non-hydrogen) atoms. The number of carbonyl (C=O) groups excluding carboxylic acids is 2. The van der Waals surface area contributed by atoms with Gasteiger partial charge in [-0.05, 0) is 74.6 Å². The first-order valence-electron chi connectivity index (χ1n) is 12.3. The van der Waals surface area contributed by atoms with Crippen molar-refractivity contribution in [1.82, 2.24) is 10.2 Å². The van der Waals surface area contributed by atoms with E-state index in [0.29, 0.717) is 30.8 Å². The molecule has 8 nitrogen and oxygen atoms in total. The van der Waals surface area contributed by atoms with E-state index in [1.807, 2.05) is 70.2 Å². The van der Waals surface area contributed by atoms with Crippen molar-refractivity contribution in [2.24, 2.45) is 0 Å². The topological polar surface area (TPSA) is 96.0 Å². The van der Waals surface area contributed by atoms with E-state index >= 15 is 0 Å². The molecular weight excluding hydrogens is 478 g/mol. The number of anilines is 1. The Morgan fingerprint density at radius 2 is 1.72 bits per heavy atom. The van der Waals surface area contributed by atoms with Gasteiger partial charge in [-0.3, -0.25) is 13.9 Å². The minimum atomic E-state index is -3.54. The molecule has 2 amide bonds. The van der Waals surface area contributed by atoms with E-state index in [9.17, 15) is 18.0 Å². The van der Waals surface area contributed by atoms with Crippen molar-refractivity contribution in [1.29, 1.82) is 0 Å². The molecule has 0 aliphatic rings. The van der Waals surface area contributed by atoms with Crippen molar-refractivity contribution in [2.75, 3.05) is 30.8 Å². The Morgan fingerprint density at radius 3 is 2.28 bits per heavy atom. The second-order valence-electron chi connectivity index (χ2n) is 8.98. The van der Waals surface area contributed by atoms with Gasteiger partial charge in [0.2, 0.25) is 21.8 Å². The second-order valence-corrected chi connectivity index (χ2v) is 10.9. The summed E-state index contributed by atoms with van der Waals surface area (Å²) in [6.07, 6.45) is 2.05. The van der Waals surface area contributed by atoms with Gasteiger partial charge in [-0.2, -0.15) is 0 Å². The van der Waals surface area contributed by atoms with Crippen molar-refractivity contribution in [3.63, 3.8) is 0 Å². The average molecular weight is 518 g/mol. The maximum Gasteiger partial charge on any atom is 0.242 e. The standard InChI is InChI=1S/C27H39N3O5S/c1-7-25(27(32)28-8-2)29(19-22-11-9-12-24(18-22)35-5)26(31)13-10-14-30(36(6,33)34)23-16-20(3)15-21(4)17-23/h9,11-12,15-18,25H,7-8,10,13-14,19H2,1-6H3,(H,28,32)/t25-/m1/s1. The van der Waals surface area contributed by atoms with Crippen LogP contribution < -0.4 is 14.4 Å². The molecule has 0 aliphatic carbocycles. The molecule has 0 fully saturated rings. The van der Waals surface area contributed by atoms with E-state index in [-0.39, 0.29) is 31.3 Å². The third-order valence-corrected chi connectivity index (χ3v) is 7.06. The summed E-state index contributed by atoms with van der Waals surface area (Å²) < 4.78 is 31.7. The van der Waals surface area contributed by atoms with Crippen LogP contribution in [0.1, 0.15) is 49.8 Å². The molecule has 0 radical (unpaired) electrons. The number of benzene rings is 2. The van der Waals surface area contributed by atoms with E-state index in [0.717, 1.165) is 16.7 Å². The Balaban J connectivity index is 2.24. The molecule has 0 aliphatic heterocycles. The third kappa shape index (κ3) is 8.26. The number of nitrogens with zero attached hydrogens (tertiary/aromatic N) is 2. The minimum Gasteiger partial charge on any atom is -0.497 e. The maximum absolute atomic E-state index is 13.4. The largest absolute Gasteiger partial charge is 0.497 e. The number of aryl methyl sites for hydroxylation is 2. The highest BCUT2D eigenvalue weighted by atomic mass is 32.2. The zero-order valence-corrected chi connectivity index (χ0v) is 23.0. The van der Waals surface area contributed by atoms with Gasteiger partial charge in [-0.1, -0.05) is 25.1 Å². The lowest BCUT2D eigenvalue weighted by molar-refractivity contribution is -0.141. The molecule has 2 aromatic carbocycles. The smallest absolute Gasteiger partial charge is 0.242 e. The van der Waals surface area contributed by atoms with Crippen molar-refractivity contribution < 1.29 is 22.7 Å². The molecule has 1 atom stereocenters. The van der Waals surface area contributed by atoms with Crippen molar-refractivity contribution in [2.45, 2.75) is 59.5 Å². The van der Waals surface area contributed by atoms with E-state index < -0.39 is 16.1 Å². The van der Waals surface area contributed by atoms with Crippen LogP contribution in [-0.4, -0.2) is 57.6 Å². The lowest BCUT2D eigenvalue weighted by Crippen LogP contribution is -2.49. The highest BCUT2D eigenvalue weighted by Crippen LogP contribution is 2.23. The predicted octanol–water partition coefficient (Wildman–Crippen LogP) is 3.80. The fourth-order valence-corrected chi connectivity index (χ4v) is 5.23. The first-order valence-corrected chi connectivity index (χ1v) is 14.1. The van der Waals surface area contributed by atoms with Crippen LogP contribution in [0.2, 0.25) is 0 Å². The monoisotopic (exact) mass is 517 g/mol.